The highest BCUT2D eigenvalue weighted by Gasteiger charge is 2.11. The molecule has 0 fully saturated rings. The second-order valence-corrected chi connectivity index (χ2v) is 4.59. The number of carbonyl (C=O) groups is 1. The number of para-hydroxylation sites is 1. The molecule has 21 heavy (non-hydrogen) atoms. The molecular formula is C15H10ClN3O2. The number of rotatable bonds is 4. The minimum absolute atomic E-state index is 0.143. The van der Waals surface area contributed by atoms with Gasteiger partial charge in [0.25, 0.3) is 0 Å². The van der Waals surface area contributed by atoms with Gasteiger partial charge in [0, 0.05) is 0 Å². The van der Waals surface area contributed by atoms with Gasteiger partial charge in [-0.25, -0.2) is 4.68 Å². The summed E-state index contributed by atoms with van der Waals surface area (Å²) in [6, 6.07) is 14.6. The molecule has 0 saturated heterocycles. The molecule has 5 nitrogen and oxygen atoms in total. The molecular weight excluding hydrogens is 290 g/mol. The number of aldehydes is 1. The van der Waals surface area contributed by atoms with Crippen LogP contribution in [0.5, 0.6) is 11.8 Å². The summed E-state index contributed by atoms with van der Waals surface area (Å²) in [5, 5.41) is 4.53. The highest BCUT2D eigenvalue weighted by Crippen LogP contribution is 2.27. The van der Waals surface area contributed by atoms with Crippen LogP contribution in [-0.2, 0) is 0 Å². The third-order valence-corrected chi connectivity index (χ3v) is 3.15. The Morgan fingerprint density at radius 2 is 1.90 bits per heavy atom. The van der Waals surface area contributed by atoms with E-state index in [4.69, 9.17) is 16.3 Å². The van der Waals surface area contributed by atoms with Gasteiger partial charge in [0.2, 0.25) is 0 Å². The minimum Gasteiger partial charge on any atom is -0.422 e. The van der Waals surface area contributed by atoms with E-state index >= 15 is 0 Å². The van der Waals surface area contributed by atoms with Crippen LogP contribution in [0.25, 0.3) is 5.69 Å². The largest absolute Gasteiger partial charge is 0.422 e. The third-order valence-electron chi connectivity index (χ3n) is 2.82. The van der Waals surface area contributed by atoms with Crippen LogP contribution in [0.4, 0.5) is 0 Å². The minimum atomic E-state index is 0.143. The number of nitrogens with zero attached hydrogens (tertiary/aromatic N) is 3. The van der Waals surface area contributed by atoms with E-state index < -0.39 is 0 Å². The molecule has 0 amide bonds. The van der Waals surface area contributed by atoms with E-state index in [0.717, 1.165) is 5.69 Å². The lowest BCUT2D eigenvalue weighted by Crippen LogP contribution is -1.96. The number of halogens is 1. The van der Waals surface area contributed by atoms with Crippen LogP contribution in [0.3, 0.4) is 0 Å². The first-order valence-electron chi connectivity index (χ1n) is 6.16. The Morgan fingerprint density at radius 1 is 1.10 bits per heavy atom. The van der Waals surface area contributed by atoms with E-state index in [2.05, 4.69) is 10.1 Å². The fourth-order valence-corrected chi connectivity index (χ4v) is 2.03. The van der Waals surface area contributed by atoms with Gasteiger partial charge in [-0.05, 0) is 24.3 Å². The average molecular weight is 300 g/mol. The van der Waals surface area contributed by atoms with Crippen molar-refractivity contribution in [3.8, 4) is 17.4 Å². The number of hydrogen-bond donors (Lipinski definition) is 0. The molecule has 0 atom stereocenters. The van der Waals surface area contributed by atoms with Crippen LogP contribution < -0.4 is 4.74 Å². The monoisotopic (exact) mass is 299 g/mol. The van der Waals surface area contributed by atoms with Crippen molar-refractivity contribution in [2.24, 2.45) is 0 Å². The zero-order chi connectivity index (χ0) is 14.7. The molecule has 2 aromatic carbocycles. The van der Waals surface area contributed by atoms with Gasteiger partial charge in [-0.2, -0.15) is 4.98 Å². The number of hydrogen-bond acceptors (Lipinski definition) is 4. The smallest absolute Gasteiger partial charge is 0.341 e. The van der Waals surface area contributed by atoms with Crippen molar-refractivity contribution in [1.29, 1.82) is 0 Å². The van der Waals surface area contributed by atoms with Crippen molar-refractivity contribution in [3.05, 3.63) is 65.4 Å². The zero-order valence-electron chi connectivity index (χ0n) is 10.8. The van der Waals surface area contributed by atoms with Crippen LogP contribution in [-0.4, -0.2) is 21.1 Å². The van der Waals surface area contributed by atoms with Crippen molar-refractivity contribution in [3.63, 3.8) is 0 Å². The molecule has 0 unspecified atom stereocenters. The summed E-state index contributed by atoms with van der Waals surface area (Å²) in [6.07, 6.45) is 2.18. The van der Waals surface area contributed by atoms with Crippen molar-refractivity contribution in [2.45, 2.75) is 0 Å². The molecule has 1 heterocycles. The van der Waals surface area contributed by atoms with E-state index in [9.17, 15) is 4.79 Å². The maximum absolute atomic E-state index is 11.1. The van der Waals surface area contributed by atoms with Crippen LogP contribution in [0.1, 0.15) is 10.4 Å². The number of aromatic nitrogens is 3. The predicted molar refractivity (Wildman–Crippen MR) is 78.3 cm³/mol. The summed E-state index contributed by atoms with van der Waals surface area (Å²) in [5.74, 6) is 0.323. The van der Waals surface area contributed by atoms with Crippen molar-refractivity contribution in [2.75, 3.05) is 0 Å². The van der Waals surface area contributed by atoms with E-state index in [-0.39, 0.29) is 11.6 Å². The highest BCUT2D eigenvalue weighted by molar-refractivity contribution is 6.33. The lowest BCUT2D eigenvalue weighted by molar-refractivity contribution is 0.112. The van der Waals surface area contributed by atoms with Gasteiger partial charge >= 0.3 is 6.01 Å². The van der Waals surface area contributed by atoms with Gasteiger partial charge in [0.05, 0.1) is 16.3 Å². The second kappa shape index (κ2) is 5.76. The molecule has 104 valence electrons. The van der Waals surface area contributed by atoms with Crippen LogP contribution in [0, 0.1) is 0 Å². The maximum Gasteiger partial charge on any atom is 0.341 e. The molecule has 0 bridgehead atoms. The third kappa shape index (κ3) is 2.78. The lowest BCUT2D eigenvalue weighted by Gasteiger charge is -2.05. The Hall–Kier alpha value is -2.66. The van der Waals surface area contributed by atoms with Crippen LogP contribution in [0.15, 0.2) is 54.9 Å². The van der Waals surface area contributed by atoms with Gasteiger partial charge in [0.15, 0.2) is 6.29 Å². The van der Waals surface area contributed by atoms with Gasteiger partial charge in [-0.15, -0.1) is 5.10 Å². The molecule has 0 aliphatic carbocycles. The summed E-state index contributed by atoms with van der Waals surface area (Å²) in [6.45, 7) is 0. The number of carbonyl (C=O) groups excluding carboxylic acids is 1. The first kappa shape index (κ1) is 13.3. The summed E-state index contributed by atoms with van der Waals surface area (Å²) >= 11 is 5.94. The fraction of sp³-hybridized carbons (Fsp3) is 0. The van der Waals surface area contributed by atoms with Crippen molar-refractivity contribution in [1.82, 2.24) is 14.8 Å². The molecule has 0 spiro atoms. The molecule has 0 radical (unpaired) electrons. The number of benzene rings is 2. The first-order chi connectivity index (χ1) is 10.3. The fourth-order valence-electron chi connectivity index (χ4n) is 1.82. The standard InChI is InChI=1S/C15H10ClN3O2/c16-13-7-4-8-14(12(13)9-20)21-15-17-10-19(18-15)11-5-2-1-3-6-11/h1-10H. The van der Waals surface area contributed by atoms with E-state index in [1.807, 2.05) is 30.3 Å². The quantitative estimate of drug-likeness (QED) is 0.692. The predicted octanol–water partition coefficient (Wildman–Crippen LogP) is 3.53. The number of ether oxygens (including phenoxy) is 1. The molecule has 1 aromatic heterocycles. The van der Waals surface area contributed by atoms with Gasteiger partial charge in [-0.1, -0.05) is 35.9 Å². The lowest BCUT2D eigenvalue weighted by atomic mass is 10.2. The second-order valence-electron chi connectivity index (χ2n) is 4.18. The van der Waals surface area contributed by atoms with Crippen molar-refractivity contribution >= 4 is 17.9 Å². The summed E-state index contributed by atoms with van der Waals surface area (Å²) < 4.78 is 7.11. The van der Waals surface area contributed by atoms with Gasteiger partial charge in [-0.3, -0.25) is 4.79 Å². The normalized spacial score (nSPS) is 10.3. The molecule has 0 saturated carbocycles. The highest BCUT2D eigenvalue weighted by atomic mass is 35.5. The molecule has 0 aliphatic heterocycles. The molecule has 6 heteroatoms. The Labute approximate surface area is 125 Å². The Balaban J connectivity index is 1.89. The molecule has 3 aromatic rings. The van der Waals surface area contributed by atoms with Gasteiger partial charge < -0.3 is 4.74 Å². The molecule has 0 N–H and O–H groups in total. The maximum atomic E-state index is 11.1. The van der Waals surface area contributed by atoms with Crippen molar-refractivity contribution < 1.29 is 9.53 Å². The van der Waals surface area contributed by atoms with E-state index in [0.29, 0.717) is 17.1 Å². The molecule has 3 rings (SSSR count). The zero-order valence-corrected chi connectivity index (χ0v) is 11.6. The van der Waals surface area contributed by atoms with Crippen LogP contribution >= 0.6 is 11.6 Å². The Bertz CT molecular complexity index is 772. The van der Waals surface area contributed by atoms with E-state index in [1.165, 1.54) is 6.33 Å². The molecule has 0 aliphatic rings. The SMILES string of the molecule is O=Cc1c(Cl)cccc1Oc1ncn(-c2ccccc2)n1. The van der Waals surface area contributed by atoms with E-state index in [1.54, 1.807) is 22.9 Å². The van der Waals surface area contributed by atoms with Gasteiger partial charge in [0.1, 0.15) is 12.1 Å². The van der Waals surface area contributed by atoms with Crippen LogP contribution in [0.2, 0.25) is 5.02 Å². The summed E-state index contributed by atoms with van der Waals surface area (Å²) in [4.78, 5) is 15.1. The Morgan fingerprint density at radius 3 is 2.67 bits per heavy atom. The summed E-state index contributed by atoms with van der Waals surface area (Å²) in [5.41, 5.74) is 1.14. The summed E-state index contributed by atoms with van der Waals surface area (Å²) in [7, 11) is 0. The average Bonchev–Trinajstić information content (AvgIpc) is 2.97. The Kier molecular flexibility index (Phi) is 3.66. The topological polar surface area (TPSA) is 57.0 Å². The first-order valence-corrected chi connectivity index (χ1v) is 6.54.